The Hall–Kier alpha value is -2.29. The van der Waals surface area contributed by atoms with Crippen molar-refractivity contribution in [2.45, 2.75) is 58.8 Å². The van der Waals surface area contributed by atoms with Gasteiger partial charge in [-0.15, -0.1) is 11.3 Å². The summed E-state index contributed by atoms with van der Waals surface area (Å²) < 4.78 is 0. The summed E-state index contributed by atoms with van der Waals surface area (Å²) in [7, 11) is 1.74. The lowest BCUT2D eigenvalue weighted by molar-refractivity contribution is -0.142. The predicted octanol–water partition coefficient (Wildman–Crippen LogP) is 2.33. The van der Waals surface area contributed by atoms with Gasteiger partial charge in [-0.2, -0.15) is 0 Å². The number of nitrogens with one attached hydrogen (secondary N) is 2. The number of likely N-dealkylation sites (N-methyl/N-ethyl adjacent to an activating group) is 1. The van der Waals surface area contributed by atoms with Gasteiger partial charge in [-0.3, -0.25) is 9.59 Å². The van der Waals surface area contributed by atoms with Gasteiger partial charge < -0.3 is 20.6 Å². The van der Waals surface area contributed by atoms with Crippen molar-refractivity contribution in [1.82, 2.24) is 20.5 Å². The van der Waals surface area contributed by atoms with Crippen LogP contribution in [0.2, 0.25) is 0 Å². The summed E-state index contributed by atoms with van der Waals surface area (Å²) in [6.45, 7) is 8.46. The molecule has 8 heteroatoms. The fourth-order valence-corrected chi connectivity index (χ4v) is 4.87. The number of hydrogen-bond donors (Lipinski definition) is 3. The monoisotopic (exact) mass is 444 g/mol. The van der Waals surface area contributed by atoms with Gasteiger partial charge >= 0.3 is 0 Å². The van der Waals surface area contributed by atoms with E-state index in [0.29, 0.717) is 6.54 Å². The van der Waals surface area contributed by atoms with E-state index in [1.165, 1.54) is 4.90 Å². The minimum absolute atomic E-state index is 0.156. The molecule has 1 aliphatic rings. The number of carbonyl (C=O) groups is 2. The SMILES string of the molecule is CN[C@H](C(=O)N1C[C@H](O)C[C@H]1C(=O)NCc1ccc(-c2scnc2C)cc1)C(C)(C)C. The number of carbonyl (C=O) groups excluding carboxylic acids is 2. The van der Waals surface area contributed by atoms with Crippen LogP contribution in [-0.4, -0.2) is 58.6 Å². The van der Waals surface area contributed by atoms with Gasteiger partial charge in [-0.1, -0.05) is 45.0 Å². The highest BCUT2D eigenvalue weighted by Gasteiger charge is 2.43. The molecular weight excluding hydrogens is 412 g/mol. The third kappa shape index (κ3) is 5.31. The van der Waals surface area contributed by atoms with E-state index in [2.05, 4.69) is 15.6 Å². The molecule has 1 fully saturated rings. The topological polar surface area (TPSA) is 94.6 Å². The Balaban J connectivity index is 1.65. The van der Waals surface area contributed by atoms with Crippen LogP contribution in [0.15, 0.2) is 29.8 Å². The number of rotatable bonds is 6. The number of thiazole rings is 1. The lowest BCUT2D eigenvalue weighted by Gasteiger charge is -2.34. The summed E-state index contributed by atoms with van der Waals surface area (Å²) in [6, 6.07) is 6.92. The molecule has 3 N–H and O–H groups in total. The predicted molar refractivity (Wildman–Crippen MR) is 123 cm³/mol. The molecule has 31 heavy (non-hydrogen) atoms. The van der Waals surface area contributed by atoms with E-state index in [9.17, 15) is 14.7 Å². The van der Waals surface area contributed by atoms with Crippen molar-refractivity contribution < 1.29 is 14.7 Å². The number of aryl methyl sites for hydroxylation is 1. The maximum absolute atomic E-state index is 13.1. The minimum atomic E-state index is -0.695. The van der Waals surface area contributed by atoms with Gasteiger partial charge in [0.15, 0.2) is 0 Å². The number of hydrogen-bond acceptors (Lipinski definition) is 6. The van der Waals surface area contributed by atoms with Crippen molar-refractivity contribution in [2.24, 2.45) is 5.41 Å². The van der Waals surface area contributed by atoms with Crippen LogP contribution in [0.3, 0.4) is 0 Å². The number of aromatic nitrogens is 1. The second kappa shape index (κ2) is 9.46. The lowest BCUT2D eigenvalue weighted by atomic mass is 9.86. The molecule has 2 heterocycles. The summed E-state index contributed by atoms with van der Waals surface area (Å²) in [5.41, 5.74) is 4.61. The number of likely N-dealkylation sites (tertiary alicyclic amines) is 1. The van der Waals surface area contributed by atoms with E-state index < -0.39 is 18.2 Å². The molecule has 1 aromatic carbocycles. The smallest absolute Gasteiger partial charge is 0.243 e. The molecule has 7 nitrogen and oxygen atoms in total. The van der Waals surface area contributed by atoms with E-state index >= 15 is 0 Å². The molecule has 2 aromatic rings. The maximum Gasteiger partial charge on any atom is 0.243 e. The summed E-state index contributed by atoms with van der Waals surface area (Å²) >= 11 is 1.61. The van der Waals surface area contributed by atoms with Crippen LogP contribution in [0.4, 0.5) is 0 Å². The van der Waals surface area contributed by atoms with Gasteiger partial charge in [-0.05, 0) is 30.5 Å². The number of benzene rings is 1. The van der Waals surface area contributed by atoms with Crippen molar-refractivity contribution in [3.63, 3.8) is 0 Å². The fraction of sp³-hybridized carbons (Fsp3) is 0.522. The van der Waals surface area contributed by atoms with Crippen LogP contribution in [0.1, 0.15) is 38.4 Å². The van der Waals surface area contributed by atoms with E-state index in [0.717, 1.165) is 21.7 Å². The summed E-state index contributed by atoms with van der Waals surface area (Å²) in [6.07, 6.45) is -0.444. The van der Waals surface area contributed by atoms with E-state index in [4.69, 9.17) is 0 Å². The molecule has 0 radical (unpaired) electrons. The molecule has 1 saturated heterocycles. The van der Waals surface area contributed by atoms with Gasteiger partial charge in [0.25, 0.3) is 0 Å². The van der Waals surface area contributed by atoms with Crippen molar-refractivity contribution in [1.29, 1.82) is 0 Å². The van der Waals surface area contributed by atoms with Crippen LogP contribution in [0.25, 0.3) is 10.4 Å². The first-order valence-electron chi connectivity index (χ1n) is 10.5. The Labute approximate surface area is 187 Å². The number of aliphatic hydroxyl groups excluding tert-OH is 1. The zero-order chi connectivity index (χ0) is 22.8. The minimum Gasteiger partial charge on any atom is -0.391 e. The Morgan fingerprint density at radius 1 is 1.29 bits per heavy atom. The molecule has 0 aliphatic carbocycles. The van der Waals surface area contributed by atoms with Gasteiger partial charge in [-0.25, -0.2) is 4.98 Å². The Kier molecular flexibility index (Phi) is 7.13. The highest BCUT2D eigenvalue weighted by molar-refractivity contribution is 7.13. The second-order valence-electron chi connectivity index (χ2n) is 9.17. The normalized spacial score (nSPS) is 20.0. The van der Waals surface area contributed by atoms with Gasteiger partial charge in [0.05, 0.1) is 28.2 Å². The van der Waals surface area contributed by atoms with Crippen molar-refractivity contribution in [3.8, 4) is 10.4 Å². The molecule has 3 rings (SSSR count). The summed E-state index contributed by atoms with van der Waals surface area (Å²) in [5.74, 6) is -0.396. The molecule has 3 atom stereocenters. The standard InChI is InChI=1S/C23H32N4O3S/c1-14-19(31-13-26-14)16-8-6-15(7-9-16)11-25-21(29)18-10-17(28)12-27(18)22(30)20(24-5)23(2,3)4/h6-9,13,17-18,20,24,28H,10-12H2,1-5H3,(H,25,29)/t17-,18+,20-/m1/s1. The third-order valence-corrected chi connectivity index (χ3v) is 6.67. The highest BCUT2D eigenvalue weighted by atomic mass is 32.1. The van der Waals surface area contributed by atoms with E-state index in [1.54, 1.807) is 18.4 Å². The van der Waals surface area contributed by atoms with Crippen LogP contribution >= 0.6 is 11.3 Å². The Morgan fingerprint density at radius 3 is 2.52 bits per heavy atom. The molecule has 168 valence electrons. The fourth-order valence-electron chi connectivity index (χ4n) is 4.06. The second-order valence-corrected chi connectivity index (χ2v) is 10.0. The molecule has 1 aromatic heterocycles. The van der Waals surface area contributed by atoms with Crippen molar-refractivity contribution in [2.75, 3.05) is 13.6 Å². The third-order valence-electron chi connectivity index (χ3n) is 5.69. The first-order valence-corrected chi connectivity index (χ1v) is 11.4. The number of β-amino-alcohol motifs (C(OH)–C–C–N with tert-alkyl or cyclic N) is 1. The van der Waals surface area contributed by atoms with E-state index in [1.807, 2.05) is 57.5 Å². The van der Waals surface area contributed by atoms with Crippen LogP contribution in [-0.2, 0) is 16.1 Å². The molecule has 0 spiro atoms. The highest BCUT2D eigenvalue weighted by Crippen LogP contribution is 2.28. The zero-order valence-electron chi connectivity index (χ0n) is 18.8. The number of aliphatic hydroxyl groups is 1. The first kappa shape index (κ1) is 23.4. The quantitative estimate of drug-likeness (QED) is 0.636. The summed E-state index contributed by atoms with van der Waals surface area (Å²) in [5, 5.41) is 16.2. The molecule has 0 bridgehead atoms. The molecule has 1 aliphatic heterocycles. The maximum atomic E-state index is 13.1. The number of nitrogens with zero attached hydrogens (tertiary/aromatic N) is 2. The van der Waals surface area contributed by atoms with Gasteiger partial charge in [0.1, 0.15) is 6.04 Å². The summed E-state index contributed by atoms with van der Waals surface area (Å²) in [4.78, 5) is 32.9. The average molecular weight is 445 g/mol. The van der Waals surface area contributed by atoms with Crippen LogP contribution in [0, 0.1) is 12.3 Å². The first-order chi connectivity index (χ1) is 14.6. The van der Waals surface area contributed by atoms with Crippen molar-refractivity contribution >= 4 is 23.2 Å². The van der Waals surface area contributed by atoms with E-state index in [-0.39, 0.29) is 30.2 Å². The van der Waals surface area contributed by atoms with Crippen LogP contribution < -0.4 is 10.6 Å². The molecule has 2 amide bonds. The Bertz CT molecular complexity index is 920. The van der Waals surface area contributed by atoms with Crippen molar-refractivity contribution in [3.05, 3.63) is 41.0 Å². The zero-order valence-corrected chi connectivity index (χ0v) is 19.6. The largest absolute Gasteiger partial charge is 0.391 e. The van der Waals surface area contributed by atoms with Crippen LogP contribution in [0.5, 0.6) is 0 Å². The lowest BCUT2D eigenvalue weighted by Crippen LogP contribution is -2.55. The average Bonchev–Trinajstić information content (AvgIpc) is 3.31. The van der Waals surface area contributed by atoms with Gasteiger partial charge in [0, 0.05) is 19.5 Å². The molecule has 0 unspecified atom stereocenters. The molecular formula is C23H32N4O3S. The molecule has 0 saturated carbocycles. The Morgan fingerprint density at radius 2 is 1.97 bits per heavy atom. The number of amides is 2. The van der Waals surface area contributed by atoms with Gasteiger partial charge in [0.2, 0.25) is 11.8 Å².